The number of carbonyl (C=O) groups is 2. The van der Waals surface area contributed by atoms with Crippen molar-refractivity contribution in [1.29, 1.82) is 0 Å². The molecule has 2 amide bonds. The summed E-state index contributed by atoms with van der Waals surface area (Å²) in [4.78, 5) is 27.6. The van der Waals surface area contributed by atoms with Crippen LogP contribution in [0.15, 0.2) is 29.0 Å². The van der Waals surface area contributed by atoms with Gasteiger partial charge in [-0.3, -0.25) is 9.59 Å². The van der Waals surface area contributed by atoms with Crippen LogP contribution < -0.4 is 19.5 Å². The van der Waals surface area contributed by atoms with Crippen LogP contribution in [0.3, 0.4) is 0 Å². The van der Waals surface area contributed by atoms with Gasteiger partial charge in [0, 0.05) is 25.4 Å². The highest BCUT2D eigenvalue weighted by molar-refractivity contribution is 7.07. The summed E-state index contributed by atoms with van der Waals surface area (Å²) < 4.78 is 17.3. The zero-order valence-corrected chi connectivity index (χ0v) is 20.1. The number of thiophene rings is 1. The zero-order valence-electron chi connectivity index (χ0n) is 19.3. The lowest BCUT2D eigenvalue weighted by atomic mass is 10.1. The summed E-state index contributed by atoms with van der Waals surface area (Å²) in [6.07, 6.45) is 5.12. The monoisotopic (exact) mass is 472 g/mol. The van der Waals surface area contributed by atoms with E-state index < -0.39 is 6.04 Å². The second-order valence-electron chi connectivity index (χ2n) is 8.60. The molecule has 1 atom stereocenters. The number of hydrogen-bond donors (Lipinski definition) is 1. The number of benzene rings is 1. The quantitative estimate of drug-likeness (QED) is 0.569. The van der Waals surface area contributed by atoms with E-state index in [0.29, 0.717) is 43.4 Å². The third-order valence-electron chi connectivity index (χ3n) is 6.18. The Morgan fingerprint density at radius 1 is 1.12 bits per heavy atom. The van der Waals surface area contributed by atoms with Gasteiger partial charge < -0.3 is 24.4 Å². The molecule has 2 fully saturated rings. The Bertz CT molecular complexity index is 933. The van der Waals surface area contributed by atoms with Gasteiger partial charge in [0.1, 0.15) is 6.04 Å². The SMILES string of the molecule is COc1cc(CN(C(=O)C2CC2)[C@H]2CCCCNC2=O)cc(OC)c1OCCc1ccsc1. The van der Waals surface area contributed by atoms with E-state index in [-0.39, 0.29) is 17.7 Å². The van der Waals surface area contributed by atoms with Crippen LogP contribution in [0.25, 0.3) is 0 Å². The number of ether oxygens (including phenoxy) is 3. The Morgan fingerprint density at radius 2 is 1.88 bits per heavy atom. The van der Waals surface area contributed by atoms with E-state index in [2.05, 4.69) is 22.1 Å². The van der Waals surface area contributed by atoms with Crippen LogP contribution in [0.2, 0.25) is 0 Å². The third-order valence-corrected chi connectivity index (χ3v) is 6.91. The molecule has 0 unspecified atom stereocenters. The van der Waals surface area contributed by atoms with Gasteiger partial charge in [0.25, 0.3) is 0 Å². The van der Waals surface area contributed by atoms with E-state index in [0.717, 1.165) is 37.7 Å². The average molecular weight is 473 g/mol. The highest BCUT2D eigenvalue weighted by atomic mass is 32.1. The van der Waals surface area contributed by atoms with Crippen molar-refractivity contribution in [3.05, 3.63) is 40.1 Å². The Balaban J connectivity index is 1.55. The second-order valence-corrected chi connectivity index (χ2v) is 9.38. The van der Waals surface area contributed by atoms with Gasteiger partial charge in [-0.25, -0.2) is 0 Å². The van der Waals surface area contributed by atoms with E-state index >= 15 is 0 Å². The number of methoxy groups -OCH3 is 2. The van der Waals surface area contributed by atoms with E-state index in [1.807, 2.05) is 12.1 Å². The fourth-order valence-electron chi connectivity index (χ4n) is 4.20. The molecule has 1 aliphatic carbocycles. The molecule has 7 nitrogen and oxygen atoms in total. The molecule has 1 N–H and O–H groups in total. The lowest BCUT2D eigenvalue weighted by molar-refractivity contribution is -0.142. The summed E-state index contributed by atoms with van der Waals surface area (Å²) in [6.45, 7) is 1.49. The molecule has 2 heterocycles. The lowest BCUT2D eigenvalue weighted by Crippen LogP contribution is -2.48. The third kappa shape index (κ3) is 5.79. The molecule has 2 aliphatic rings. The Kier molecular flexibility index (Phi) is 7.75. The minimum Gasteiger partial charge on any atom is -0.493 e. The summed E-state index contributed by atoms with van der Waals surface area (Å²) in [5, 5.41) is 7.12. The summed E-state index contributed by atoms with van der Waals surface area (Å²) in [6, 6.07) is 5.40. The minimum absolute atomic E-state index is 0.0320. The molecule has 1 saturated carbocycles. The van der Waals surface area contributed by atoms with Crippen LogP contribution in [0, 0.1) is 5.92 Å². The first-order valence-corrected chi connectivity index (χ1v) is 12.5. The smallest absolute Gasteiger partial charge is 0.242 e. The molecule has 1 saturated heterocycles. The Morgan fingerprint density at radius 3 is 2.52 bits per heavy atom. The first-order chi connectivity index (χ1) is 16.1. The van der Waals surface area contributed by atoms with Crippen LogP contribution in [0.5, 0.6) is 17.2 Å². The molecule has 0 bridgehead atoms. The van der Waals surface area contributed by atoms with Gasteiger partial charge in [0.15, 0.2) is 11.5 Å². The van der Waals surface area contributed by atoms with Gasteiger partial charge >= 0.3 is 0 Å². The van der Waals surface area contributed by atoms with Gasteiger partial charge in [0.05, 0.1) is 20.8 Å². The number of rotatable bonds is 10. The van der Waals surface area contributed by atoms with Gasteiger partial charge in [-0.15, -0.1) is 0 Å². The summed E-state index contributed by atoms with van der Waals surface area (Å²) in [5.41, 5.74) is 2.07. The van der Waals surface area contributed by atoms with Crippen molar-refractivity contribution >= 4 is 23.2 Å². The zero-order chi connectivity index (χ0) is 23.2. The van der Waals surface area contributed by atoms with Crippen LogP contribution in [0.1, 0.15) is 43.2 Å². The van der Waals surface area contributed by atoms with Gasteiger partial charge in [0.2, 0.25) is 17.6 Å². The normalized spacial score (nSPS) is 18.2. The standard InChI is InChI=1S/C25H32N2O5S/c1-30-21-13-18(14-22(31-2)23(21)32-11-8-17-9-12-33-16-17)15-27(25(29)19-6-7-19)20-5-3-4-10-26-24(20)28/h9,12-14,16,19-20H,3-8,10-11,15H2,1-2H3,(H,26,28)/t20-/m0/s1. The molecule has 178 valence electrons. The van der Waals surface area contributed by atoms with Crippen molar-refractivity contribution < 1.29 is 23.8 Å². The van der Waals surface area contributed by atoms with Gasteiger partial charge in [-0.2, -0.15) is 11.3 Å². The summed E-state index contributed by atoms with van der Waals surface area (Å²) in [7, 11) is 3.19. The highest BCUT2D eigenvalue weighted by Gasteiger charge is 2.39. The van der Waals surface area contributed by atoms with Crippen LogP contribution in [-0.4, -0.2) is 50.1 Å². The predicted molar refractivity (Wildman–Crippen MR) is 127 cm³/mol. The average Bonchev–Trinajstić information content (AvgIpc) is 3.59. The molecule has 8 heteroatoms. The van der Waals surface area contributed by atoms with Crippen LogP contribution in [-0.2, 0) is 22.6 Å². The Labute approximate surface area is 199 Å². The molecule has 1 aromatic carbocycles. The molecule has 1 aliphatic heterocycles. The largest absolute Gasteiger partial charge is 0.493 e. The van der Waals surface area contributed by atoms with Crippen molar-refractivity contribution in [2.75, 3.05) is 27.4 Å². The van der Waals surface area contributed by atoms with Crippen molar-refractivity contribution in [3.8, 4) is 17.2 Å². The number of carbonyl (C=O) groups excluding carboxylic acids is 2. The molecule has 33 heavy (non-hydrogen) atoms. The maximum absolute atomic E-state index is 13.2. The van der Waals surface area contributed by atoms with Crippen LogP contribution >= 0.6 is 11.3 Å². The van der Waals surface area contributed by atoms with E-state index in [9.17, 15) is 9.59 Å². The van der Waals surface area contributed by atoms with Gasteiger partial charge in [-0.1, -0.05) is 0 Å². The van der Waals surface area contributed by atoms with Crippen molar-refractivity contribution in [3.63, 3.8) is 0 Å². The molecule has 0 spiro atoms. The number of nitrogens with one attached hydrogen (secondary N) is 1. The summed E-state index contributed by atoms with van der Waals surface area (Å²) >= 11 is 1.66. The first-order valence-electron chi connectivity index (χ1n) is 11.6. The molecule has 0 radical (unpaired) electrons. The molecular weight excluding hydrogens is 440 g/mol. The van der Waals surface area contributed by atoms with Crippen LogP contribution in [0.4, 0.5) is 0 Å². The van der Waals surface area contributed by atoms with E-state index in [1.54, 1.807) is 30.5 Å². The molecule has 2 aromatic rings. The van der Waals surface area contributed by atoms with Crippen molar-refractivity contribution in [2.24, 2.45) is 5.92 Å². The van der Waals surface area contributed by atoms with Crippen molar-refractivity contribution in [2.45, 2.75) is 51.1 Å². The first kappa shape index (κ1) is 23.4. The van der Waals surface area contributed by atoms with E-state index in [1.165, 1.54) is 5.56 Å². The number of nitrogens with zero attached hydrogens (tertiary/aromatic N) is 1. The maximum atomic E-state index is 13.2. The van der Waals surface area contributed by atoms with Crippen molar-refractivity contribution in [1.82, 2.24) is 10.2 Å². The number of amides is 2. The lowest BCUT2D eigenvalue weighted by Gasteiger charge is -2.30. The fraction of sp³-hybridized carbons (Fsp3) is 0.520. The van der Waals surface area contributed by atoms with E-state index in [4.69, 9.17) is 14.2 Å². The molecule has 1 aromatic heterocycles. The maximum Gasteiger partial charge on any atom is 0.242 e. The topological polar surface area (TPSA) is 77.1 Å². The second kappa shape index (κ2) is 10.9. The fourth-order valence-corrected chi connectivity index (χ4v) is 4.90. The Hall–Kier alpha value is -2.74. The highest BCUT2D eigenvalue weighted by Crippen LogP contribution is 2.40. The predicted octanol–water partition coefficient (Wildman–Crippen LogP) is 3.79. The van der Waals surface area contributed by atoms with Gasteiger partial charge in [-0.05, 0) is 72.2 Å². The molecular formula is C25H32N2O5S. The molecule has 4 rings (SSSR count). The summed E-state index contributed by atoms with van der Waals surface area (Å²) in [5.74, 6) is 1.69. The number of hydrogen-bond acceptors (Lipinski definition) is 6. The minimum atomic E-state index is -0.445.